The van der Waals surface area contributed by atoms with E-state index < -0.39 is 17.9 Å². The molecule has 20 heavy (non-hydrogen) atoms. The number of carbonyl (C=O) groups is 2. The Bertz CT molecular complexity index is 522. The molecule has 0 bridgehead atoms. The van der Waals surface area contributed by atoms with Gasteiger partial charge in [0.25, 0.3) is 5.91 Å². The molecule has 1 unspecified atom stereocenters. The summed E-state index contributed by atoms with van der Waals surface area (Å²) in [5.74, 6) is -1.19. The molecule has 1 aromatic heterocycles. The van der Waals surface area contributed by atoms with Gasteiger partial charge in [-0.2, -0.15) is 0 Å². The molecule has 1 amide bonds. The molecule has 0 aliphatic heterocycles. The van der Waals surface area contributed by atoms with Crippen LogP contribution in [0.5, 0.6) is 0 Å². The number of aliphatic hydroxyl groups is 1. The van der Waals surface area contributed by atoms with Gasteiger partial charge in [0.05, 0.1) is 11.3 Å². The van der Waals surface area contributed by atoms with Crippen molar-refractivity contribution in [2.75, 3.05) is 12.9 Å². The highest BCUT2D eigenvalue weighted by molar-refractivity contribution is 7.98. The second-order valence-corrected chi connectivity index (χ2v) is 4.91. The largest absolute Gasteiger partial charge is 0.480 e. The second-order valence-electron chi connectivity index (χ2n) is 4.12. The summed E-state index contributed by atoms with van der Waals surface area (Å²) in [5.41, 5.74) is 0.764. The normalized spacial score (nSPS) is 12.0. The van der Waals surface area contributed by atoms with Crippen molar-refractivity contribution in [3.63, 3.8) is 0 Å². The van der Waals surface area contributed by atoms with Crippen LogP contribution < -0.4 is 5.32 Å². The Morgan fingerprint density at radius 3 is 2.50 bits per heavy atom. The summed E-state index contributed by atoms with van der Waals surface area (Å²) in [5, 5.41) is 20.7. The summed E-state index contributed by atoms with van der Waals surface area (Å²) >= 11 is 1.29. The molecular formula is C12H17N3O4S. The Labute approximate surface area is 120 Å². The molecular weight excluding hydrogens is 282 g/mol. The SMILES string of the molecule is CSc1nc(C)nc(C)c1C(=O)NC(CCO)C(=O)O. The van der Waals surface area contributed by atoms with E-state index in [1.807, 2.05) is 0 Å². The van der Waals surface area contributed by atoms with E-state index in [9.17, 15) is 9.59 Å². The number of carboxylic acid groups (broad SMARTS) is 1. The van der Waals surface area contributed by atoms with Crippen LogP contribution in [0.15, 0.2) is 5.03 Å². The first-order valence-electron chi connectivity index (χ1n) is 5.94. The van der Waals surface area contributed by atoms with Crippen molar-refractivity contribution in [1.29, 1.82) is 0 Å². The molecule has 0 spiro atoms. The topological polar surface area (TPSA) is 112 Å². The summed E-state index contributed by atoms with van der Waals surface area (Å²) in [6.07, 6.45) is 1.72. The van der Waals surface area contributed by atoms with Gasteiger partial charge in [0, 0.05) is 13.0 Å². The number of amides is 1. The van der Waals surface area contributed by atoms with Crippen LogP contribution in [0.2, 0.25) is 0 Å². The number of thioether (sulfide) groups is 1. The number of nitrogens with one attached hydrogen (secondary N) is 1. The number of carbonyl (C=O) groups excluding carboxylic acids is 1. The zero-order valence-corrected chi connectivity index (χ0v) is 12.3. The molecule has 8 heteroatoms. The van der Waals surface area contributed by atoms with Gasteiger partial charge in [0.2, 0.25) is 0 Å². The average Bonchev–Trinajstić information content (AvgIpc) is 2.36. The number of hydrogen-bond donors (Lipinski definition) is 3. The zero-order valence-electron chi connectivity index (χ0n) is 11.5. The van der Waals surface area contributed by atoms with E-state index in [-0.39, 0.29) is 18.6 Å². The van der Waals surface area contributed by atoms with Crippen molar-refractivity contribution in [2.45, 2.75) is 31.3 Å². The quantitative estimate of drug-likeness (QED) is 0.514. The van der Waals surface area contributed by atoms with Crippen LogP contribution in [0.25, 0.3) is 0 Å². The third-order valence-corrected chi connectivity index (χ3v) is 3.29. The smallest absolute Gasteiger partial charge is 0.326 e. The van der Waals surface area contributed by atoms with Gasteiger partial charge in [-0.05, 0) is 20.1 Å². The molecule has 110 valence electrons. The Hall–Kier alpha value is -1.67. The summed E-state index contributed by atoms with van der Waals surface area (Å²) < 4.78 is 0. The maximum Gasteiger partial charge on any atom is 0.326 e. The Balaban J connectivity index is 3.05. The number of carboxylic acids is 1. The Morgan fingerprint density at radius 2 is 2.00 bits per heavy atom. The van der Waals surface area contributed by atoms with Crippen molar-refractivity contribution in [1.82, 2.24) is 15.3 Å². The molecule has 1 heterocycles. The molecule has 0 aliphatic rings. The van der Waals surface area contributed by atoms with Crippen LogP contribution in [-0.4, -0.2) is 51.0 Å². The lowest BCUT2D eigenvalue weighted by molar-refractivity contribution is -0.139. The van der Waals surface area contributed by atoms with Crippen LogP contribution in [0, 0.1) is 13.8 Å². The minimum Gasteiger partial charge on any atom is -0.480 e. The predicted molar refractivity (Wildman–Crippen MR) is 73.9 cm³/mol. The number of aromatic nitrogens is 2. The number of aliphatic carboxylic acids is 1. The van der Waals surface area contributed by atoms with Gasteiger partial charge in [-0.25, -0.2) is 14.8 Å². The minimum absolute atomic E-state index is 0.0541. The van der Waals surface area contributed by atoms with Gasteiger partial charge in [-0.3, -0.25) is 4.79 Å². The van der Waals surface area contributed by atoms with Crippen LogP contribution in [0.3, 0.4) is 0 Å². The summed E-state index contributed by atoms with van der Waals surface area (Å²) in [6.45, 7) is 3.07. The van der Waals surface area contributed by atoms with Crippen LogP contribution in [-0.2, 0) is 4.79 Å². The van der Waals surface area contributed by atoms with E-state index in [0.29, 0.717) is 16.5 Å². The Kier molecular flexibility index (Phi) is 5.90. The number of hydrogen-bond acceptors (Lipinski definition) is 6. The van der Waals surface area contributed by atoms with E-state index in [1.165, 1.54) is 11.8 Å². The molecule has 0 radical (unpaired) electrons. The zero-order chi connectivity index (χ0) is 15.3. The van der Waals surface area contributed by atoms with Crippen LogP contribution in [0.4, 0.5) is 0 Å². The number of nitrogens with zero attached hydrogens (tertiary/aromatic N) is 2. The standard InChI is InChI=1S/C12H17N3O4S/c1-6-9(11(20-3)14-7(2)13-6)10(17)15-8(4-5-16)12(18)19/h8,16H,4-5H2,1-3H3,(H,15,17)(H,18,19). The first-order valence-corrected chi connectivity index (χ1v) is 7.17. The Morgan fingerprint density at radius 1 is 1.35 bits per heavy atom. The molecule has 1 aromatic rings. The first kappa shape index (κ1) is 16.4. The molecule has 0 fully saturated rings. The fraction of sp³-hybridized carbons (Fsp3) is 0.500. The van der Waals surface area contributed by atoms with E-state index in [1.54, 1.807) is 20.1 Å². The third kappa shape index (κ3) is 3.91. The first-order chi connectivity index (χ1) is 9.40. The predicted octanol–water partition coefficient (Wildman–Crippen LogP) is 0.381. The number of aryl methyl sites for hydroxylation is 2. The lowest BCUT2D eigenvalue weighted by Crippen LogP contribution is -2.42. The number of rotatable bonds is 6. The average molecular weight is 299 g/mol. The van der Waals surface area contributed by atoms with Gasteiger partial charge in [0.1, 0.15) is 16.9 Å². The number of aliphatic hydroxyl groups excluding tert-OH is 1. The summed E-state index contributed by atoms with van der Waals surface area (Å²) in [4.78, 5) is 31.5. The van der Waals surface area contributed by atoms with Crippen molar-refractivity contribution in [3.8, 4) is 0 Å². The molecule has 1 atom stereocenters. The molecule has 7 nitrogen and oxygen atoms in total. The van der Waals surface area contributed by atoms with Gasteiger partial charge in [0.15, 0.2) is 0 Å². The maximum absolute atomic E-state index is 12.2. The van der Waals surface area contributed by atoms with Gasteiger partial charge < -0.3 is 15.5 Å². The van der Waals surface area contributed by atoms with Gasteiger partial charge in [-0.15, -0.1) is 11.8 Å². The highest BCUT2D eigenvalue weighted by Crippen LogP contribution is 2.20. The van der Waals surface area contributed by atoms with Crippen LogP contribution >= 0.6 is 11.8 Å². The molecule has 0 aromatic carbocycles. The monoisotopic (exact) mass is 299 g/mol. The highest BCUT2D eigenvalue weighted by Gasteiger charge is 2.24. The summed E-state index contributed by atoms with van der Waals surface area (Å²) in [6, 6.07) is -1.14. The van der Waals surface area contributed by atoms with Crippen molar-refractivity contribution < 1.29 is 19.8 Å². The van der Waals surface area contributed by atoms with E-state index in [2.05, 4.69) is 15.3 Å². The minimum atomic E-state index is -1.19. The van der Waals surface area contributed by atoms with Crippen LogP contribution in [0.1, 0.15) is 28.3 Å². The van der Waals surface area contributed by atoms with Gasteiger partial charge in [-0.1, -0.05) is 0 Å². The van der Waals surface area contributed by atoms with Gasteiger partial charge >= 0.3 is 5.97 Å². The van der Waals surface area contributed by atoms with Crippen molar-refractivity contribution in [3.05, 3.63) is 17.1 Å². The maximum atomic E-state index is 12.2. The molecule has 0 saturated heterocycles. The van der Waals surface area contributed by atoms with E-state index in [4.69, 9.17) is 10.2 Å². The molecule has 3 N–H and O–H groups in total. The second kappa shape index (κ2) is 7.20. The van der Waals surface area contributed by atoms with E-state index >= 15 is 0 Å². The molecule has 0 saturated carbocycles. The fourth-order valence-corrected chi connectivity index (χ4v) is 2.38. The van der Waals surface area contributed by atoms with E-state index in [0.717, 1.165) is 0 Å². The lowest BCUT2D eigenvalue weighted by Gasteiger charge is -2.15. The third-order valence-electron chi connectivity index (χ3n) is 2.61. The molecule has 1 rings (SSSR count). The van der Waals surface area contributed by atoms with Crippen molar-refractivity contribution >= 4 is 23.6 Å². The lowest BCUT2D eigenvalue weighted by atomic mass is 10.1. The fourth-order valence-electron chi connectivity index (χ4n) is 1.71. The summed E-state index contributed by atoms with van der Waals surface area (Å²) in [7, 11) is 0. The molecule has 0 aliphatic carbocycles. The highest BCUT2D eigenvalue weighted by atomic mass is 32.2. The van der Waals surface area contributed by atoms with Crippen molar-refractivity contribution in [2.24, 2.45) is 0 Å².